The molecule has 2 aliphatic rings. The van der Waals surface area contributed by atoms with Crippen molar-refractivity contribution >= 4 is 22.9 Å². The minimum atomic E-state index is 0.0276. The van der Waals surface area contributed by atoms with Crippen molar-refractivity contribution in [2.75, 3.05) is 39.1 Å². The van der Waals surface area contributed by atoms with Crippen LogP contribution >= 0.6 is 11.3 Å². The highest BCUT2D eigenvalue weighted by Gasteiger charge is 2.39. The van der Waals surface area contributed by atoms with Crippen molar-refractivity contribution in [2.24, 2.45) is 11.8 Å². The van der Waals surface area contributed by atoms with Crippen LogP contribution in [0.4, 0.5) is 5.69 Å². The fourth-order valence-electron chi connectivity index (χ4n) is 5.07. The van der Waals surface area contributed by atoms with Crippen LogP contribution < -0.4 is 10.1 Å². The molecule has 30 heavy (non-hydrogen) atoms. The van der Waals surface area contributed by atoms with Crippen LogP contribution in [0.15, 0.2) is 35.7 Å². The first-order chi connectivity index (χ1) is 14.5. The number of rotatable bonds is 6. The number of hydrogen-bond donors (Lipinski definition) is 1. The Labute approximate surface area is 184 Å². The van der Waals surface area contributed by atoms with Crippen LogP contribution in [-0.4, -0.2) is 55.5 Å². The molecule has 0 unspecified atom stereocenters. The van der Waals surface area contributed by atoms with Crippen LogP contribution in [0.25, 0.3) is 0 Å². The number of para-hydroxylation sites is 2. The van der Waals surface area contributed by atoms with E-state index in [-0.39, 0.29) is 11.8 Å². The Bertz CT molecular complexity index is 868. The molecular formula is C24H33N3O2S. The average molecular weight is 428 g/mol. The molecule has 0 radical (unpaired) electrons. The summed E-state index contributed by atoms with van der Waals surface area (Å²) in [6.45, 7) is 6.42. The Hall–Kier alpha value is -1.89. The van der Waals surface area contributed by atoms with Gasteiger partial charge in [-0.15, -0.1) is 11.3 Å². The summed E-state index contributed by atoms with van der Waals surface area (Å²) >= 11 is 1.87. The van der Waals surface area contributed by atoms with Crippen LogP contribution in [0.1, 0.15) is 29.7 Å². The number of anilines is 1. The topological polar surface area (TPSA) is 44.8 Å². The summed E-state index contributed by atoms with van der Waals surface area (Å²) in [7, 11) is 3.82. The molecule has 1 N–H and O–H groups in total. The predicted octanol–water partition coefficient (Wildman–Crippen LogP) is 4.24. The number of carbonyl (C=O) groups excluding carboxylic acids is 1. The van der Waals surface area contributed by atoms with Gasteiger partial charge in [-0.1, -0.05) is 12.1 Å². The molecule has 162 valence electrons. The lowest BCUT2D eigenvalue weighted by atomic mass is 9.87. The highest BCUT2D eigenvalue weighted by molar-refractivity contribution is 7.10. The van der Waals surface area contributed by atoms with Gasteiger partial charge in [0, 0.05) is 30.6 Å². The van der Waals surface area contributed by atoms with E-state index in [4.69, 9.17) is 4.74 Å². The third-order valence-corrected chi connectivity index (χ3v) is 7.77. The molecule has 2 aliphatic heterocycles. The first-order valence-corrected chi connectivity index (χ1v) is 11.8. The number of likely N-dealkylation sites (tertiary alicyclic amines) is 2. The van der Waals surface area contributed by atoms with Crippen LogP contribution in [0.5, 0.6) is 5.75 Å². The van der Waals surface area contributed by atoms with E-state index in [2.05, 4.69) is 40.5 Å². The van der Waals surface area contributed by atoms with Gasteiger partial charge in [0.15, 0.2) is 0 Å². The molecule has 0 saturated carbocycles. The van der Waals surface area contributed by atoms with Gasteiger partial charge in [0.25, 0.3) is 0 Å². The molecule has 1 amide bonds. The summed E-state index contributed by atoms with van der Waals surface area (Å²) in [5.41, 5.74) is 2.17. The van der Waals surface area contributed by atoms with Crippen LogP contribution in [0.2, 0.25) is 0 Å². The summed E-state index contributed by atoms with van der Waals surface area (Å²) in [5.74, 6) is 1.48. The molecule has 3 heterocycles. The number of aryl methyl sites for hydroxylation is 1. The van der Waals surface area contributed by atoms with Crippen molar-refractivity contribution in [2.45, 2.75) is 38.8 Å². The molecule has 0 aliphatic carbocycles. The fourth-order valence-corrected chi connectivity index (χ4v) is 6.02. The number of nitrogens with one attached hydrogen (secondary N) is 1. The number of methoxy groups -OCH3 is 1. The van der Waals surface area contributed by atoms with Gasteiger partial charge in [-0.3, -0.25) is 9.69 Å². The molecule has 2 fully saturated rings. The van der Waals surface area contributed by atoms with Crippen molar-refractivity contribution < 1.29 is 9.53 Å². The molecule has 3 atom stereocenters. The molecule has 0 bridgehead atoms. The van der Waals surface area contributed by atoms with E-state index in [9.17, 15) is 4.79 Å². The summed E-state index contributed by atoms with van der Waals surface area (Å²) < 4.78 is 5.38. The highest BCUT2D eigenvalue weighted by atomic mass is 32.1. The van der Waals surface area contributed by atoms with Gasteiger partial charge >= 0.3 is 0 Å². The SMILES string of the molecule is COc1ccccc1NC(=O)[C@@H]1C[C@@H]([C@H]2CCCN(Cc3sccc3C)C2)N(C)C1. The lowest BCUT2D eigenvalue weighted by Gasteiger charge is -2.38. The van der Waals surface area contributed by atoms with Gasteiger partial charge in [-0.2, -0.15) is 0 Å². The molecule has 1 aromatic carbocycles. The maximum Gasteiger partial charge on any atom is 0.228 e. The first kappa shape index (κ1) is 21.3. The van der Waals surface area contributed by atoms with Crippen LogP contribution in [0, 0.1) is 18.8 Å². The molecule has 5 nitrogen and oxygen atoms in total. The van der Waals surface area contributed by atoms with E-state index in [1.165, 1.54) is 29.8 Å². The number of amides is 1. The number of hydrogen-bond acceptors (Lipinski definition) is 5. The quantitative estimate of drug-likeness (QED) is 0.749. The Morgan fingerprint density at radius 2 is 2.10 bits per heavy atom. The fraction of sp³-hybridized carbons (Fsp3) is 0.542. The predicted molar refractivity (Wildman–Crippen MR) is 123 cm³/mol. The van der Waals surface area contributed by atoms with Crippen LogP contribution in [0.3, 0.4) is 0 Å². The Kier molecular flexibility index (Phi) is 6.76. The second kappa shape index (κ2) is 9.50. The zero-order valence-corrected chi connectivity index (χ0v) is 19.1. The number of benzene rings is 1. The number of ether oxygens (including phenoxy) is 1. The van der Waals surface area contributed by atoms with Crippen LogP contribution in [-0.2, 0) is 11.3 Å². The summed E-state index contributed by atoms with van der Waals surface area (Å²) in [4.78, 5) is 19.5. The minimum absolute atomic E-state index is 0.0276. The monoisotopic (exact) mass is 427 g/mol. The molecular weight excluding hydrogens is 394 g/mol. The second-order valence-corrected chi connectivity index (χ2v) is 9.79. The zero-order valence-electron chi connectivity index (χ0n) is 18.3. The van der Waals surface area contributed by atoms with Crippen molar-refractivity contribution in [1.82, 2.24) is 9.80 Å². The van der Waals surface area contributed by atoms with Gasteiger partial charge in [0.2, 0.25) is 5.91 Å². The summed E-state index contributed by atoms with van der Waals surface area (Å²) in [6, 6.07) is 10.3. The average Bonchev–Trinajstić information content (AvgIpc) is 3.34. The molecule has 1 aromatic heterocycles. The first-order valence-electron chi connectivity index (χ1n) is 10.9. The standard InChI is InChI=1S/C24H33N3O2S/c1-17-10-12-30-23(17)16-27-11-6-7-18(15-27)21-13-19(14-26(21)2)24(28)25-20-8-4-5-9-22(20)29-3/h4-5,8-10,12,18-19,21H,6-7,11,13-16H2,1-3H3,(H,25,28)/t18-,19+,21-/m0/s1. The molecule has 0 spiro atoms. The normalized spacial score (nSPS) is 25.4. The second-order valence-electron chi connectivity index (χ2n) is 8.79. The van der Waals surface area contributed by atoms with E-state index < -0.39 is 0 Å². The number of carbonyl (C=O) groups is 1. The van der Waals surface area contributed by atoms with Gasteiger partial charge in [-0.25, -0.2) is 0 Å². The lowest BCUT2D eigenvalue weighted by Crippen LogP contribution is -2.43. The Morgan fingerprint density at radius 1 is 1.27 bits per heavy atom. The minimum Gasteiger partial charge on any atom is -0.495 e. The molecule has 2 aromatic rings. The molecule has 6 heteroatoms. The van der Waals surface area contributed by atoms with E-state index >= 15 is 0 Å². The smallest absolute Gasteiger partial charge is 0.228 e. The Morgan fingerprint density at radius 3 is 2.87 bits per heavy atom. The van der Waals surface area contributed by atoms with Crippen molar-refractivity contribution in [1.29, 1.82) is 0 Å². The van der Waals surface area contributed by atoms with Crippen molar-refractivity contribution in [3.8, 4) is 5.75 Å². The Balaban J connectivity index is 1.36. The lowest BCUT2D eigenvalue weighted by molar-refractivity contribution is -0.119. The van der Waals surface area contributed by atoms with E-state index in [1.807, 2.05) is 35.6 Å². The van der Waals surface area contributed by atoms with E-state index in [0.717, 1.165) is 31.7 Å². The van der Waals surface area contributed by atoms with E-state index in [0.29, 0.717) is 17.7 Å². The van der Waals surface area contributed by atoms with Crippen molar-refractivity contribution in [3.63, 3.8) is 0 Å². The largest absolute Gasteiger partial charge is 0.495 e. The molecule has 2 saturated heterocycles. The number of thiophene rings is 1. The van der Waals surface area contributed by atoms with Gasteiger partial charge in [0.05, 0.1) is 18.7 Å². The van der Waals surface area contributed by atoms with Gasteiger partial charge < -0.3 is 15.0 Å². The van der Waals surface area contributed by atoms with E-state index in [1.54, 1.807) is 7.11 Å². The third kappa shape index (κ3) is 4.71. The van der Waals surface area contributed by atoms with Crippen molar-refractivity contribution in [3.05, 3.63) is 46.2 Å². The number of nitrogens with zero attached hydrogens (tertiary/aromatic N) is 2. The molecule has 4 rings (SSSR count). The third-order valence-electron chi connectivity index (χ3n) is 6.76. The maximum absolute atomic E-state index is 13.0. The number of piperidine rings is 1. The maximum atomic E-state index is 13.0. The van der Waals surface area contributed by atoms with Gasteiger partial charge in [0.1, 0.15) is 5.75 Å². The highest BCUT2D eigenvalue weighted by Crippen LogP contribution is 2.34. The summed E-state index contributed by atoms with van der Waals surface area (Å²) in [5, 5.41) is 5.29. The van der Waals surface area contributed by atoms with Gasteiger partial charge in [-0.05, 0) is 74.8 Å². The summed E-state index contributed by atoms with van der Waals surface area (Å²) in [6.07, 6.45) is 3.45. The zero-order chi connectivity index (χ0) is 21.1.